The topological polar surface area (TPSA) is 3.24 Å². The Morgan fingerprint density at radius 3 is 1.67 bits per heavy atom. The molecule has 244 valence electrons. The van der Waals surface area contributed by atoms with Crippen LogP contribution in [0.3, 0.4) is 0 Å². The third kappa shape index (κ3) is 5.24. The van der Waals surface area contributed by atoms with E-state index in [0.29, 0.717) is 0 Å². The van der Waals surface area contributed by atoms with Gasteiger partial charge in [-0.2, -0.15) is 0 Å². The minimum absolute atomic E-state index is 1.12. The van der Waals surface area contributed by atoms with Crippen LogP contribution in [0.15, 0.2) is 200 Å². The molecule has 0 bridgehead atoms. The summed E-state index contributed by atoms with van der Waals surface area (Å²) >= 11 is 1.89. The van der Waals surface area contributed by atoms with E-state index in [1.807, 2.05) is 11.3 Å². The predicted molar refractivity (Wildman–Crippen MR) is 225 cm³/mol. The first-order chi connectivity index (χ1) is 25.8. The van der Waals surface area contributed by atoms with Gasteiger partial charge in [0.05, 0.1) is 0 Å². The van der Waals surface area contributed by atoms with Crippen molar-refractivity contribution in [3.63, 3.8) is 0 Å². The average molecular weight is 680 g/mol. The minimum atomic E-state index is 1.12. The monoisotopic (exact) mass is 679 g/mol. The van der Waals surface area contributed by atoms with Crippen LogP contribution in [-0.2, 0) is 0 Å². The Morgan fingerprint density at radius 1 is 0.308 bits per heavy atom. The fourth-order valence-corrected chi connectivity index (χ4v) is 9.00. The molecule has 0 saturated carbocycles. The molecule has 0 spiro atoms. The zero-order valence-electron chi connectivity index (χ0n) is 28.4. The van der Waals surface area contributed by atoms with E-state index in [2.05, 4.69) is 205 Å². The van der Waals surface area contributed by atoms with Gasteiger partial charge in [-0.05, 0) is 92.0 Å². The van der Waals surface area contributed by atoms with E-state index in [1.165, 1.54) is 75.1 Å². The lowest BCUT2D eigenvalue weighted by molar-refractivity contribution is 1.29. The summed E-state index contributed by atoms with van der Waals surface area (Å²) in [7, 11) is 0. The lowest BCUT2D eigenvalue weighted by Gasteiger charge is -2.26. The van der Waals surface area contributed by atoms with Crippen LogP contribution in [0.25, 0.3) is 75.1 Å². The second-order valence-corrected chi connectivity index (χ2v) is 14.4. The Hall–Kier alpha value is -6.48. The van der Waals surface area contributed by atoms with Crippen LogP contribution in [0.4, 0.5) is 17.1 Å². The van der Waals surface area contributed by atoms with E-state index >= 15 is 0 Å². The summed E-state index contributed by atoms with van der Waals surface area (Å²) in [5.41, 5.74) is 10.8. The van der Waals surface area contributed by atoms with Crippen LogP contribution in [0.5, 0.6) is 0 Å². The third-order valence-electron chi connectivity index (χ3n) is 10.2. The molecule has 10 rings (SSSR count). The first-order valence-corrected chi connectivity index (χ1v) is 18.6. The SMILES string of the molecule is c1ccc(-c2ccc(N(c3cccc(-c4ccccc4)c3)c3ccc4c(c3)sc3c5ccccc5c(-c5cccc6ccccc56)cc43)cc2)cc1. The Labute approximate surface area is 307 Å². The zero-order valence-corrected chi connectivity index (χ0v) is 29.2. The number of thiophene rings is 1. The van der Waals surface area contributed by atoms with Gasteiger partial charge in [-0.25, -0.2) is 0 Å². The number of anilines is 3. The van der Waals surface area contributed by atoms with Crippen molar-refractivity contribution in [1.29, 1.82) is 0 Å². The normalized spacial score (nSPS) is 11.5. The van der Waals surface area contributed by atoms with Crippen LogP contribution < -0.4 is 4.90 Å². The van der Waals surface area contributed by atoms with Gasteiger partial charge >= 0.3 is 0 Å². The standard InChI is InChI=1S/C50H33NS/c1-3-13-34(14-4-1)36-25-27-39(28-26-36)51(40-20-11-19-38(31-40)35-15-5-2-6-16-35)41-29-30-45-48-33-47(43-24-12-18-37-17-7-8-21-42(37)43)44-22-9-10-23-46(44)50(48)52-49(45)32-41/h1-33H. The van der Waals surface area contributed by atoms with Crippen molar-refractivity contribution in [2.45, 2.75) is 0 Å². The van der Waals surface area contributed by atoms with Crippen molar-refractivity contribution in [3.8, 4) is 33.4 Å². The van der Waals surface area contributed by atoms with Crippen LogP contribution in [0.1, 0.15) is 0 Å². The Bertz CT molecular complexity index is 2880. The Morgan fingerprint density at radius 2 is 0.885 bits per heavy atom. The second-order valence-electron chi connectivity index (χ2n) is 13.3. The molecule has 1 nitrogen and oxygen atoms in total. The van der Waals surface area contributed by atoms with Gasteiger partial charge in [0.25, 0.3) is 0 Å². The molecule has 10 aromatic rings. The molecule has 0 N–H and O–H groups in total. The molecular weight excluding hydrogens is 647 g/mol. The Balaban J connectivity index is 1.16. The summed E-state index contributed by atoms with van der Waals surface area (Å²) in [5, 5.41) is 7.72. The fourth-order valence-electron chi connectivity index (χ4n) is 7.74. The molecule has 1 heterocycles. The van der Waals surface area contributed by atoms with Crippen molar-refractivity contribution in [1.82, 2.24) is 0 Å². The van der Waals surface area contributed by atoms with Crippen LogP contribution in [0.2, 0.25) is 0 Å². The molecule has 0 fully saturated rings. The van der Waals surface area contributed by atoms with Crippen LogP contribution in [0, 0.1) is 0 Å². The summed E-state index contributed by atoms with van der Waals surface area (Å²) in [5.74, 6) is 0. The van der Waals surface area contributed by atoms with E-state index in [1.54, 1.807) is 0 Å². The molecular formula is C50H33NS. The molecule has 0 unspecified atom stereocenters. The number of fused-ring (bicyclic) bond motifs is 6. The molecule has 0 saturated heterocycles. The van der Waals surface area contributed by atoms with Crippen molar-refractivity contribution in [2.75, 3.05) is 4.90 Å². The largest absolute Gasteiger partial charge is 0.310 e. The molecule has 0 aliphatic heterocycles. The smallest absolute Gasteiger partial charge is 0.0476 e. The van der Waals surface area contributed by atoms with Crippen LogP contribution in [-0.4, -0.2) is 0 Å². The maximum Gasteiger partial charge on any atom is 0.0476 e. The highest BCUT2D eigenvalue weighted by molar-refractivity contribution is 7.26. The molecule has 0 radical (unpaired) electrons. The van der Waals surface area contributed by atoms with Crippen molar-refractivity contribution in [3.05, 3.63) is 200 Å². The third-order valence-corrected chi connectivity index (χ3v) is 11.4. The van der Waals surface area contributed by atoms with Crippen molar-refractivity contribution >= 4 is 70.1 Å². The number of rotatable bonds is 6. The summed E-state index contributed by atoms with van der Waals surface area (Å²) < 4.78 is 2.61. The van der Waals surface area contributed by atoms with E-state index < -0.39 is 0 Å². The quantitative estimate of drug-likeness (QED) is 0.169. The number of benzene rings is 9. The number of hydrogen-bond acceptors (Lipinski definition) is 2. The molecule has 0 atom stereocenters. The summed E-state index contributed by atoms with van der Waals surface area (Å²) in [4.78, 5) is 2.39. The number of nitrogens with zero attached hydrogens (tertiary/aromatic N) is 1. The lowest BCUT2D eigenvalue weighted by Crippen LogP contribution is -2.09. The van der Waals surface area contributed by atoms with Gasteiger partial charge in [0, 0.05) is 42.6 Å². The zero-order chi connectivity index (χ0) is 34.4. The molecule has 0 aliphatic carbocycles. The van der Waals surface area contributed by atoms with E-state index in [9.17, 15) is 0 Å². The van der Waals surface area contributed by atoms with Gasteiger partial charge in [-0.1, -0.05) is 158 Å². The van der Waals surface area contributed by atoms with Gasteiger partial charge in [0.2, 0.25) is 0 Å². The lowest BCUT2D eigenvalue weighted by atomic mass is 9.92. The number of hydrogen-bond donors (Lipinski definition) is 0. The average Bonchev–Trinajstić information content (AvgIpc) is 3.60. The molecule has 0 amide bonds. The molecule has 1 aromatic heterocycles. The highest BCUT2D eigenvalue weighted by atomic mass is 32.1. The minimum Gasteiger partial charge on any atom is -0.310 e. The second kappa shape index (κ2) is 12.7. The summed E-state index contributed by atoms with van der Waals surface area (Å²) in [6, 6.07) is 72.8. The van der Waals surface area contributed by atoms with E-state index in [-0.39, 0.29) is 0 Å². The van der Waals surface area contributed by atoms with Gasteiger partial charge in [0.15, 0.2) is 0 Å². The van der Waals surface area contributed by atoms with E-state index in [4.69, 9.17) is 0 Å². The maximum atomic E-state index is 2.43. The predicted octanol–water partition coefficient (Wildman–Crippen LogP) is 14.8. The molecule has 52 heavy (non-hydrogen) atoms. The molecule has 2 heteroatoms. The van der Waals surface area contributed by atoms with Gasteiger partial charge < -0.3 is 4.90 Å². The van der Waals surface area contributed by atoms with Gasteiger partial charge in [-0.15, -0.1) is 11.3 Å². The first-order valence-electron chi connectivity index (χ1n) is 17.8. The van der Waals surface area contributed by atoms with Crippen molar-refractivity contribution in [2.24, 2.45) is 0 Å². The first kappa shape index (κ1) is 30.4. The molecule has 0 aliphatic rings. The van der Waals surface area contributed by atoms with Gasteiger partial charge in [0.1, 0.15) is 0 Å². The Kier molecular flexibility index (Phi) is 7.41. The highest BCUT2D eigenvalue weighted by Crippen LogP contribution is 2.46. The summed E-state index contributed by atoms with van der Waals surface area (Å²) in [6.07, 6.45) is 0. The van der Waals surface area contributed by atoms with Gasteiger partial charge in [-0.3, -0.25) is 0 Å². The van der Waals surface area contributed by atoms with E-state index in [0.717, 1.165) is 17.1 Å². The summed E-state index contributed by atoms with van der Waals surface area (Å²) in [6.45, 7) is 0. The molecule has 9 aromatic carbocycles. The highest BCUT2D eigenvalue weighted by Gasteiger charge is 2.18. The van der Waals surface area contributed by atoms with Crippen molar-refractivity contribution < 1.29 is 0 Å². The van der Waals surface area contributed by atoms with Crippen LogP contribution >= 0.6 is 11.3 Å². The fraction of sp³-hybridized carbons (Fsp3) is 0. The maximum absolute atomic E-state index is 2.43.